The Kier molecular flexibility index (Phi) is 6.43. The number of nitrogens with zero attached hydrogens (tertiary/aromatic N) is 4. The van der Waals surface area contributed by atoms with Crippen LogP contribution in [0.1, 0.15) is 27.2 Å². The summed E-state index contributed by atoms with van der Waals surface area (Å²) in [5, 5.41) is 3.34. The summed E-state index contributed by atoms with van der Waals surface area (Å²) in [6, 6.07) is 1.89. The van der Waals surface area contributed by atoms with Crippen molar-refractivity contribution in [2.24, 2.45) is 5.92 Å². The number of rotatable bonds is 6. The molecule has 1 aromatic heterocycles. The van der Waals surface area contributed by atoms with Crippen molar-refractivity contribution in [2.75, 3.05) is 49.5 Å². The summed E-state index contributed by atoms with van der Waals surface area (Å²) in [5.41, 5.74) is 0. The van der Waals surface area contributed by atoms with Gasteiger partial charge in [-0.1, -0.05) is 13.8 Å². The van der Waals surface area contributed by atoms with Crippen molar-refractivity contribution in [3.63, 3.8) is 0 Å². The summed E-state index contributed by atoms with van der Waals surface area (Å²) in [5.74, 6) is 2.23. The Hall–Kier alpha value is -2.05. The topological polar surface area (TPSA) is 70.6 Å². The van der Waals surface area contributed by atoms with Crippen LogP contribution in [0.5, 0.6) is 0 Å². The van der Waals surface area contributed by atoms with Crippen molar-refractivity contribution >= 4 is 17.9 Å². The second kappa shape index (κ2) is 8.55. The Morgan fingerprint density at radius 3 is 2.74 bits per heavy atom. The molecule has 0 bridgehead atoms. The van der Waals surface area contributed by atoms with E-state index in [-0.39, 0.29) is 6.09 Å². The highest BCUT2D eigenvalue weighted by atomic mass is 16.6. The Balaban J connectivity index is 1.87. The van der Waals surface area contributed by atoms with Crippen molar-refractivity contribution < 1.29 is 9.53 Å². The standard InChI is InChI=1S/C16H27N5O2/c1-4-23-16(22)21-11-9-20(10-12-21)15-18-8-6-14(19-15)17-7-5-13(2)3/h6,8,13H,4-5,7,9-12H2,1-3H3,(H,17,18,19). The number of carbonyl (C=O) groups is 1. The van der Waals surface area contributed by atoms with Gasteiger partial charge in [0.25, 0.3) is 0 Å². The van der Waals surface area contributed by atoms with Gasteiger partial charge in [-0.15, -0.1) is 0 Å². The molecule has 0 spiro atoms. The van der Waals surface area contributed by atoms with Crippen LogP contribution in [0.2, 0.25) is 0 Å². The summed E-state index contributed by atoms with van der Waals surface area (Å²) in [6.45, 7) is 10.2. The zero-order valence-corrected chi connectivity index (χ0v) is 14.3. The van der Waals surface area contributed by atoms with E-state index in [0.717, 1.165) is 18.8 Å². The van der Waals surface area contributed by atoms with Crippen molar-refractivity contribution in [3.8, 4) is 0 Å². The molecule has 0 atom stereocenters. The predicted molar refractivity (Wildman–Crippen MR) is 90.8 cm³/mol. The molecule has 128 valence electrons. The zero-order valence-electron chi connectivity index (χ0n) is 14.3. The fourth-order valence-electron chi connectivity index (χ4n) is 2.39. The average molecular weight is 321 g/mol. The van der Waals surface area contributed by atoms with Gasteiger partial charge in [0.05, 0.1) is 6.61 Å². The van der Waals surface area contributed by atoms with Crippen LogP contribution >= 0.6 is 0 Å². The first-order chi connectivity index (χ1) is 11.1. The third-order valence-corrected chi connectivity index (χ3v) is 3.76. The third-order valence-electron chi connectivity index (χ3n) is 3.76. The number of ether oxygens (including phenoxy) is 1. The fraction of sp³-hybridized carbons (Fsp3) is 0.688. The van der Waals surface area contributed by atoms with E-state index < -0.39 is 0 Å². The second-order valence-corrected chi connectivity index (χ2v) is 6.02. The molecule has 1 aliphatic rings. The monoisotopic (exact) mass is 321 g/mol. The summed E-state index contributed by atoms with van der Waals surface area (Å²) in [6.07, 6.45) is 2.65. The summed E-state index contributed by atoms with van der Waals surface area (Å²) in [4.78, 5) is 24.5. The van der Waals surface area contributed by atoms with Crippen LogP contribution in [0.15, 0.2) is 12.3 Å². The average Bonchev–Trinajstić information content (AvgIpc) is 2.55. The molecule has 23 heavy (non-hydrogen) atoms. The molecule has 0 radical (unpaired) electrons. The number of nitrogens with one attached hydrogen (secondary N) is 1. The molecule has 1 aromatic rings. The molecule has 1 saturated heterocycles. The molecule has 2 rings (SSSR count). The largest absolute Gasteiger partial charge is 0.450 e. The lowest BCUT2D eigenvalue weighted by molar-refractivity contribution is 0.105. The van der Waals surface area contributed by atoms with E-state index in [1.165, 1.54) is 0 Å². The predicted octanol–water partition coefficient (Wildman–Crippen LogP) is 2.21. The lowest BCUT2D eigenvalue weighted by atomic mass is 10.1. The number of aromatic nitrogens is 2. The zero-order chi connectivity index (χ0) is 16.7. The van der Waals surface area contributed by atoms with Crippen LogP contribution in [0, 0.1) is 5.92 Å². The molecule has 0 saturated carbocycles. The maximum Gasteiger partial charge on any atom is 0.409 e. The Morgan fingerprint density at radius 2 is 2.09 bits per heavy atom. The molecule has 2 heterocycles. The van der Waals surface area contributed by atoms with E-state index in [4.69, 9.17) is 4.74 Å². The van der Waals surface area contributed by atoms with E-state index in [1.54, 1.807) is 11.1 Å². The Morgan fingerprint density at radius 1 is 1.35 bits per heavy atom. The molecular weight excluding hydrogens is 294 g/mol. The van der Waals surface area contributed by atoms with Gasteiger partial charge in [0.1, 0.15) is 5.82 Å². The third kappa shape index (κ3) is 5.26. The molecule has 0 unspecified atom stereocenters. The minimum Gasteiger partial charge on any atom is -0.450 e. The second-order valence-electron chi connectivity index (χ2n) is 6.02. The van der Waals surface area contributed by atoms with Crippen molar-refractivity contribution in [3.05, 3.63) is 12.3 Å². The molecule has 7 nitrogen and oxygen atoms in total. The highest BCUT2D eigenvalue weighted by Crippen LogP contribution is 2.14. The first-order valence-corrected chi connectivity index (χ1v) is 8.33. The highest BCUT2D eigenvalue weighted by molar-refractivity contribution is 5.68. The van der Waals surface area contributed by atoms with Crippen molar-refractivity contribution in [2.45, 2.75) is 27.2 Å². The van der Waals surface area contributed by atoms with Gasteiger partial charge in [0, 0.05) is 38.9 Å². The maximum atomic E-state index is 11.7. The Labute approximate surface area is 138 Å². The summed E-state index contributed by atoms with van der Waals surface area (Å²) < 4.78 is 5.03. The van der Waals surface area contributed by atoms with Gasteiger partial charge < -0.3 is 19.9 Å². The van der Waals surface area contributed by atoms with Crippen LogP contribution < -0.4 is 10.2 Å². The van der Waals surface area contributed by atoms with E-state index >= 15 is 0 Å². The van der Waals surface area contributed by atoms with Gasteiger partial charge in [-0.3, -0.25) is 0 Å². The molecule has 0 aliphatic carbocycles. The van der Waals surface area contributed by atoms with Gasteiger partial charge in [0.2, 0.25) is 5.95 Å². The quantitative estimate of drug-likeness (QED) is 0.866. The normalized spacial score (nSPS) is 15.0. The van der Waals surface area contributed by atoms with Crippen LogP contribution in [0.25, 0.3) is 0 Å². The number of piperazine rings is 1. The van der Waals surface area contributed by atoms with Crippen molar-refractivity contribution in [1.29, 1.82) is 0 Å². The molecular formula is C16H27N5O2. The van der Waals surface area contributed by atoms with Crippen LogP contribution in [-0.2, 0) is 4.74 Å². The van der Waals surface area contributed by atoms with E-state index in [1.807, 2.05) is 13.0 Å². The molecule has 1 amide bonds. The number of hydrogen-bond acceptors (Lipinski definition) is 6. The molecule has 1 fully saturated rings. The van der Waals surface area contributed by atoms with E-state index in [9.17, 15) is 4.79 Å². The Bertz CT molecular complexity index is 501. The van der Waals surface area contributed by atoms with Gasteiger partial charge in [0.15, 0.2) is 0 Å². The van der Waals surface area contributed by atoms with Gasteiger partial charge >= 0.3 is 6.09 Å². The van der Waals surface area contributed by atoms with Crippen molar-refractivity contribution in [1.82, 2.24) is 14.9 Å². The first-order valence-electron chi connectivity index (χ1n) is 8.33. The van der Waals surface area contributed by atoms with Gasteiger partial charge in [-0.2, -0.15) is 4.98 Å². The lowest BCUT2D eigenvalue weighted by Crippen LogP contribution is -2.49. The summed E-state index contributed by atoms with van der Waals surface area (Å²) in [7, 11) is 0. The minimum atomic E-state index is -0.239. The molecule has 1 aliphatic heterocycles. The highest BCUT2D eigenvalue weighted by Gasteiger charge is 2.23. The maximum absolute atomic E-state index is 11.7. The van der Waals surface area contributed by atoms with Gasteiger partial charge in [-0.25, -0.2) is 9.78 Å². The molecule has 7 heteroatoms. The number of anilines is 2. The van der Waals surface area contributed by atoms with Crippen LogP contribution in [-0.4, -0.2) is 60.3 Å². The fourth-order valence-corrected chi connectivity index (χ4v) is 2.39. The SMILES string of the molecule is CCOC(=O)N1CCN(c2nccc(NCCC(C)C)n2)CC1. The lowest BCUT2D eigenvalue weighted by Gasteiger charge is -2.34. The number of hydrogen-bond donors (Lipinski definition) is 1. The van der Waals surface area contributed by atoms with E-state index in [2.05, 4.69) is 34.0 Å². The minimum absolute atomic E-state index is 0.239. The van der Waals surface area contributed by atoms with E-state index in [0.29, 0.717) is 44.7 Å². The van der Waals surface area contributed by atoms with Crippen LogP contribution in [0.3, 0.4) is 0 Å². The van der Waals surface area contributed by atoms with Gasteiger partial charge in [-0.05, 0) is 25.3 Å². The molecule has 1 N–H and O–H groups in total. The smallest absolute Gasteiger partial charge is 0.409 e. The molecule has 0 aromatic carbocycles. The number of amides is 1. The van der Waals surface area contributed by atoms with Crippen LogP contribution in [0.4, 0.5) is 16.6 Å². The summed E-state index contributed by atoms with van der Waals surface area (Å²) >= 11 is 0. The number of carbonyl (C=O) groups excluding carboxylic acids is 1. The first kappa shape index (κ1) is 17.3.